The Balaban J connectivity index is 2.55. The Morgan fingerprint density at radius 3 is 2.68 bits per heavy atom. The van der Waals surface area contributed by atoms with Crippen molar-refractivity contribution >= 4 is 22.8 Å². The molecule has 0 radical (unpaired) electrons. The van der Waals surface area contributed by atoms with Crippen LogP contribution in [0.4, 0.5) is 0 Å². The number of hydrogen-bond acceptors (Lipinski definition) is 5. The van der Waals surface area contributed by atoms with Gasteiger partial charge < -0.3 is 19.7 Å². The number of nitrogens with one attached hydrogen (secondary N) is 1. The van der Waals surface area contributed by atoms with Gasteiger partial charge >= 0.3 is 5.97 Å². The lowest BCUT2D eigenvalue weighted by atomic mass is 10.1. The number of amides is 1. The van der Waals surface area contributed by atoms with Crippen LogP contribution < -0.4 is 10.9 Å². The summed E-state index contributed by atoms with van der Waals surface area (Å²) in [6.07, 6.45) is 0. The monoisotopic (exact) mass is 304 g/mol. The molecule has 116 valence electrons. The normalized spacial score (nSPS) is 10.5. The first kappa shape index (κ1) is 15.6. The molecule has 0 bridgehead atoms. The maximum Gasteiger partial charge on any atom is 0.325 e. The van der Waals surface area contributed by atoms with Gasteiger partial charge in [-0.1, -0.05) is 6.07 Å². The second-order valence-electron chi connectivity index (χ2n) is 4.87. The number of nitrogens with zero attached hydrogens (tertiary/aromatic N) is 1. The molecule has 0 spiro atoms. The lowest BCUT2D eigenvalue weighted by molar-refractivity contribution is -0.139. The van der Waals surface area contributed by atoms with E-state index >= 15 is 0 Å². The summed E-state index contributed by atoms with van der Waals surface area (Å²) in [5.41, 5.74) is 0.400. The molecule has 7 heteroatoms. The van der Waals surface area contributed by atoms with Crippen molar-refractivity contribution < 1.29 is 19.4 Å². The first-order chi connectivity index (χ1) is 10.4. The summed E-state index contributed by atoms with van der Waals surface area (Å²) >= 11 is 0. The molecular weight excluding hydrogens is 288 g/mol. The zero-order valence-electron chi connectivity index (χ0n) is 12.5. The van der Waals surface area contributed by atoms with E-state index in [2.05, 4.69) is 10.1 Å². The van der Waals surface area contributed by atoms with Gasteiger partial charge in [-0.15, -0.1) is 0 Å². The van der Waals surface area contributed by atoms with Gasteiger partial charge in [0.15, 0.2) is 0 Å². The Hall–Kier alpha value is -2.83. The fourth-order valence-electron chi connectivity index (χ4n) is 2.15. The summed E-state index contributed by atoms with van der Waals surface area (Å²) in [5.74, 6) is -1.88. The Morgan fingerprint density at radius 2 is 2.05 bits per heavy atom. The summed E-state index contributed by atoms with van der Waals surface area (Å²) in [7, 11) is 2.70. The first-order valence-electron chi connectivity index (χ1n) is 6.54. The number of aryl methyl sites for hydroxylation is 2. The van der Waals surface area contributed by atoms with Crippen molar-refractivity contribution in [1.29, 1.82) is 0 Å². The fraction of sp³-hybridized carbons (Fsp3) is 0.267. The molecule has 1 heterocycles. The van der Waals surface area contributed by atoms with Crippen LogP contribution in [0.3, 0.4) is 0 Å². The number of fused-ring (bicyclic) bond motifs is 1. The Labute approximate surface area is 126 Å². The number of pyridine rings is 1. The lowest BCUT2D eigenvalue weighted by Crippen LogP contribution is -2.35. The average Bonchev–Trinajstić information content (AvgIpc) is 2.50. The molecule has 0 unspecified atom stereocenters. The molecule has 7 nitrogen and oxygen atoms in total. The highest BCUT2D eigenvalue weighted by atomic mass is 16.5. The topological polar surface area (TPSA) is 97.6 Å². The predicted molar refractivity (Wildman–Crippen MR) is 79.9 cm³/mol. The SMILES string of the molecule is COC(=O)CNC(=O)c1c(O)c2ccc(C)cc2n(C)c1=O. The van der Waals surface area contributed by atoms with E-state index in [1.54, 1.807) is 18.2 Å². The molecule has 2 aromatic rings. The van der Waals surface area contributed by atoms with Gasteiger partial charge in [0.25, 0.3) is 11.5 Å². The van der Waals surface area contributed by atoms with Crippen LogP contribution in [0.15, 0.2) is 23.0 Å². The van der Waals surface area contributed by atoms with Gasteiger partial charge in [-0.05, 0) is 24.6 Å². The number of esters is 1. The minimum atomic E-state index is -0.828. The Bertz CT molecular complexity index is 823. The van der Waals surface area contributed by atoms with Gasteiger partial charge in [0.2, 0.25) is 0 Å². The van der Waals surface area contributed by atoms with Crippen LogP contribution in [-0.4, -0.2) is 35.2 Å². The number of carbonyl (C=O) groups is 2. The standard InChI is InChI=1S/C15H16N2O5/c1-8-4-5-9-10(6-8)17(2)15(21)12(13(9)19)14(20)16-7-11(18)22-3/h4-6,19H,7H2,1-3H3,(H,16,20). The van der Waals surface area contributed by atoms with Crippen molar-refractivity contribution in [3.8, 4) is 5.75 Å². The zero-order chi connectivity index (χ0) is 16.4. The van der Waals surface area contributed by atoms with E-state index in [0.717, 1.165) is 5.56 Å². The summed E-state index contributed by atoms with van der Waals surface area (Å²) in [4.78, 5) is 35.4. The molecule has 0 fully saturated rings. The maximum atomic E-state index is 12.3. The average molecular weight is 304 g/mol. The predicted octanol–water partition coefficient (Wildman–Crippen LogP) is 0.455. The smallest absolute Gasteiger partial charge is 0.325 e. The van der Waals surface area contributed by atoms with Crippen molar-refractivity contribution in [2.45, 2.75) is 6.92 Å². The van der Waals surface area contributed by atoms with E-state index in [-0.39, 0.29) is 6.54 Å². The first-order valence-corrected chi connectivity index (χ1v) is 6.54. The van der Waals surface area contributed by atoms with Crippen molar-refractivity contribution in [3.05, 3.63) is 39.7 Å². The van der Waals surface area contributed by atoms with Crippen LogP contribution in [-0.2, 0) is 16.6 Å². The van der Waals surface area contributed by atoms with Crippen LogP contribution in [0.2, 0.25) is 0 Å². The van der Waals surface area contributed by atoms with E-state index in [1.807, 2.05) is 6.92 Å². The number of rotatable bonds is 3. The molecule has 0 aliphatic rings. The molecule has 0 saturated carbocycles. The molecule has 2 N–H and O–H groups in total. The van der Waals surface area contributed by atoms with Crippen LogP contribution in [0, 0.1) is 6.92 Å². The number of aromatic hydroxyl groups is 1. The number of hydrogen-bond donors (Lipinski definition) is 2. The minimum absolute atomic E-state index is 0.385. The van der Waals surface area contributed by atoms with E-state index in [9.17, 15) is 19.5 Å². The molecule has 0 saturated heterocycles. The number of aromatic nitrogens is 1. The second kappa shape index (κ2) is 5.88. The number of benzene rings is 1. The molecule has 2 rings (SSSR count). The molecule has 0 atom stereocenters. The van der Waals surface area contributed by atoms with Crippen LogP contribution in [0.1, 0.15) is 15.9 Å². The third-order valence-corrected chi connectivity index (χ3v) is 3.37. The minimum Gasteiger partial charge on any atom is -0.506 e. The van der Waals surface area contributed by atoms with Crippen molar-refractivity contribution in [3.63, 3.8) is 0 Å². The quantitative estimate of drug-likeness (QED) is 0.803. The lowest BCUT2D eigenvalue weighted by Gasteiger charge is -2.12. The Morgan fingerprint density at radius 1 is 1.36 bits per heavy atom. The van der Waals surface area contributed by atoms with Crippen LogP contribution in [0.25, 0.3) is 10.9 Å². The molecule has 1 amide bonds. The second-order valence-corrected chi connectivity index (χ2v) is 4.87. The zero-order valence-corrected chi connectivity index (χ0v) is 12.5. The van der Waals surface area contributed by atoms with Gasteiger partial charge in [-0.25, -0.2) is 0 Å². The van der Waals surface area contributed by atoms with Gasteiger partial charge in [0.05, 0.1) is 12.6 Å². The molecular formula is C15H16N2O5. The summed E-state index contributed by atoms with van der Waals surface area (Å²) < 4.78 is 5.69. The summed E-state index contributed by atoms with van der Waals surface area (Å²) in [6.45, 7) is 1.47. The van der Waals surface area contributed by atoms with E-state index < -0.39 is 28.7 Å². The van der Waals surface area contributed by atoms with Gasteiger partial charge in [-0.3, -0.25) is 14.4 Å². The fourth-order valence-corrected chi connectivity index (χ4v) is 2.15. The van der Waals surface area contributed by atoms with Gasteiger partial charge in [-0.2, -0.15) is 0 Å². The largest absolute Gasteiger partial charge is 0.506 e. The summed E-state index contributed by atoms with van der Waals surface area (Å²) in [5, 5.41) is 12.9. The molecule has 0 aliphatic carbocycles. The van der Waals surface area contributed by atoms with E-state index in [1.165, 1.54) is 18.7 Å². The summed E-state index contributed by atoms with van der Waals surface area (Å²) in [6, 6.07) is 5.14. The third kappa shape index (κ3) is 2.65. The highest BCUT2D eigenvalue weighted by Crippen LogP contribution is 2.26. The molecule has 22 heavy (non-hydrogen) atoms. The number of carbonyl (C=O) groups excluding carboxylic acids is 2. The third-order valence-electron chi connectivity index (χ3n) is 3.37. The van der Waals surface area contributed by atoms with Crippen LogP contribution >= 0.6 is 0 Å². The van der Waals surface area contributed by atoms with Gasteiger partial charge in [0, 0.05) is 12.4 Å². The molecule has 1 aromatic heterocycles. The highest BCUT2D eigenvalue weighted by Gasteiger charge is 2.21. The number of methoxy groups -OCH3 is 1. The van der Waals surface area contributed by atoms with E-state index in [0.29, 0.717) is 10.9 Å². The molecule has 0 aliphatic heterocycles. The molecule has 1 aromatic carbocycles. The number of ether oxygens (including phenoxy) is 1. The van der Waals surface area contributed by atoms with Gasteiger partial charge in [0.1, 0.15) is 17.9 Å². The highest BCUT2D eigenvalue weighted by molar-refractivity contribution is 6.03. The van der Waals surface area contributed by atoms with Crippen LogP contribution in [0.5, 0.6) is 5.75 Å². The van der Waals surface area contributed by atoms with Crippen molar-refractivity contribution in [2.75, 3.05) is 13.7 Å². The van der Waals surface area contributed by atoms with E-state index in [4.69, 9.17) is 0 Å². The maximum absolute atomic E-state index is 12.3. The Kier molecular flexibility index (Phi) is 4.16. The van der Waals surface area contributed by atoms with Crippen molar-refractivity contribution in [1.82, 2.24) is 9.88 Å². The van der Waals surface area contributed by atoms with Crippen molar-refractivity contribution in [2.24, 2.45) is 7.05 Å².